The SMILES string of the molecule is CC1(C)CCn2nc(NC(=O)Oc3ccccc3)cc21. The van der Waals surface area contributed by atoms with Crippen molar-refractivity contribution in [2.75, 3.05) is 5.32 Å². The van der Waals surface area contributed by atoms with Gasteiger partial charge in [0.2, 0.25) is 0 Å². The lowest BCUT2D eigenvalue weighted by Gasteiger charge is -2.14. The molecule has 2 heterocycles. The van der Waals surface area contributed by atoms with Crippen LogP contribution in [0.2, 0.25) is 0 Å². The number of ether oxygens (including phenoxy) is 1. The van der Waals surface area contributed by atoms with Crippen LogP contribution in [0.15, 0.2) is 36.4 Å². The molecule has 1 amide bonds. The van der Waals surface area contributed by atoms with Gasteiger partial charge in [-0.15, -0.1) is 0 Å². The van der Waals surface area contributed by atoms with E-state index < -0.39 is 6.09 Å². The van der Waals surface area contributed by atoms with Gasteiger partial charge >= 0.3 is 6.09 Å². The average molecular weight is 271 g/mol. The summed E-state index contributed by atoms with van der Waals surface area (Å²) in [7, 11) is 0. The molecule has 2 aromatic rings. The summed E-state index contributed by atoms with van der Waals surface area (Å²) in [6.07, 6.45) is 0.551. The Bertz CT molecular complexity index is 632. The summed E-state index contributed by atoms with van der Waals surface area (Å²) < 4.78 is 7.11. The Morgan fingerprint density at radius 1 is 1.35 bits per heavy atom. The first-order valence-electron chi connectivity index (χ1n) is 6.67. The highest BCUT2D eigenvalue weighted by Gasteiger charge is 2.32. The fraction of sp³-hybridized carbons (Fsp3) is 0.333. The van der Waals surface area contributed by atoms with Crippen molar-refractivity contribution in [3.8, 4) is 5.75 Å². The lowest BCUT2D eigenvalue weighted by Crippen LogP contribution is -2.17. The van der Waals surface area contributed by atoms with Gasteiger partial charge in [0, 0.05) is 23.7 Å². The van der Waals surface area contributed by atoms with Crippen LogP contribution >= 0.6 is 0 Å². The fourth-order valence-electron chi connectivity index (χ4n) is 2.43. The monoisotopic (exact) mass is 271 g/mol. The van der Waals surface area contributed by atoms with E-state index in [-0.39, 0.29) is 5.41 Å². The summed E-state index contributed by atoms with van der Waals surface area (Å²) in [6.45, 7) is 5.25. The van der Waals surface area contributed by atoms with Crippen molar-refractivity contribution in [3.05, 3.63) is 42.1 Å². The van der Waals surface area contributed by atoms with E-state index >= 15 is 0 Å². The molecular weight excluding hydrogens is 254 g/mol. The minimum atomic E-state index is -0.522. The Balaban J connectivity index is 1.69. The number of para-hydroxylation sites is 1. The highest BCUT2D eigenvalue weighted by atomic mass is 16.6. The number of carbonyl (C=O) groups is 1. The molecule has 0 spiro atoms. The van der Waals surface area contributed by atoms with Crippen LogP contribution in [0.1, 0.15) is 26.0 Å². The second kappa shape index (κ2) is 4.67. The van der Waals surface area contributed by atoms with Crippen molar-refractivity contribution in [1.29, 1.82) is 0 Å². The van der Waals surface area contributed by atoms with Crippen LogP contribution in [-0.4, -0.2) is 15.9 Å². The number of hydrogen-bond acceptors (Lipinski definition) is 3. The third-order valence-corrected chi connectivity index (χ3v) is 3.61. The largest absolute Gasteiger partial charge is 0.418 e. The van der Waals surface area contributed by atoms with Gasteiger partial charge in [-0.05, 0) is 18.6 Å². The van der Waals surface area contributed by atoms with Gasteiger partial charge in [-0.2, -0.15) is 5.10 Å². The molecule has 0 saturated heterocycles. The van der Waals surface area contributed by atoms with Gasteiger partial charge in [0.25, 0.3) is 0 Å². The second-order valence-corrected chi connectivity index (χ2v) is 5.60. The molecule has 1 aliphatic heterocycles. The minimum absolute atomic E-state index is 0.107. The number of amides is 1. The van der Waals surface area contributed by atoms with E-state index in [4.69, 9.17) is 4.74 Å². The summed E-state index contributed by atoms with van der Waals surface area (Å²) >= 11 is 0. The van der Waals surface area contributed by atoms with E-state index in [2.05, 4.69) is 24.3 Å². The molecule has 0 radical (unpaired) electrons. The number of fused-ring (bicyclic) bond motifs is 1. The second-order valence-electron chi connectivity index (χ2n) is 5.60. The van der Waals surface area contributed by atoms with Gasteiger partial charge in [-0.1, -0.05) is 32.0 Å². The zero-order valence-corrected chi connectivity index (χ0v) is 11.6. The third kappa shape index (κ3) is 2.39. The first-order valence-corrected chi connectivity index (χ1v) is 6.67. The summed E-state index contributed by atoms with van der Waals surface area (Å²) in [5.74, 6) is 1.05. The van der Waals surface area contributed by atoms with E-state index in [1.54, 1.807) is 12.1 Å². The fourth-order valence-corrected chi connectivity index (χ4v) is 2.43. The Labute approximate surface area is 117 Å². The minimum Gasteiger partial charge on any atom is -0.410 e. The van der Waals surface area contributed by atoms with Crippen LogP contribution < -0.4 is 10.1 Å². The third-order valence-electron chi connectivity index (χ3n) is 3.61. The molecular formula is C15H17N3O2. The number of hydrogen-bond donors (Lipinski definition) is 1. The van der Waals surface area contributed by atoms with Crippen molar-refractivity contribution in [1.82, 2.24) is 9.78 Å². The maximum absolute atomic E-state index is 11.8. The van der Waals surface area contributed by atoms with E-state index in [1.165, 1.54) is 0 Å². The maximum Gasteiger partial charge on any atom is 0.418 e. The zero-order chi connectivity index (χ0) is 14.2. The van der Waals surface area contributed by atoms with Gasteiger partial charge in [0.1, 0.15) is 5.75 Å². The van der Waals surface area contributed by atoms with Gasteiger partial charge in [0.05, 0.1) is 0 Å². The summed E-state index contributed by atoms with van der Waals surface area (Å²) in [4.78, 5) is 11.8. The van der Waals surface area contributed by atoms with Crippen molar-refractivity contribution in [2.24, 2.45) is 0 Å². The van der Waals surface area contributed by atoms with Crippen LogP contribution in [0, 0.1) is 0 Å². The Hall–Kier alpha value is -2.30. The molecule has 1 aromatic heterocycles. The van der Waals surface area contributed by atoms with Gasteiger partial charge < -0.3 is 4.74 Å². The van der Waals surface area contributed by atoms with Crippen LogP contribution in [0.3, 0.4) is 0 Å². The number of nitrogens with one attached hydrogen (secondary N) is 1. The van der Waals surface area contributed by atoms with Crippen molar-refractivity contribution >= 4 is 11.9 Å². The smallest absolute Gasteiger partial charge is 0.410 e. The zero-order valence-electron chi connectivity index (χ0n) is 11.6. The van der Waals surface area contributed by atoms with Gasteiger partial charge in [-0.25, -0.2) is 4.79 Å². The molecule has 0 fully saturated rings. The highest BCUT2D eigenvalue weighted by molar-refractivity contribution is 5.85. The molecule has 3 rings (SSSR count). The molecule has 1 aliphatic rings. The lowest BCUT2D eigenvalue weighted by atomic mass is 9.89. The topological polar surface area (TPSA) is 56.2 Å². The molecule has 0 bridgehead atoms. The Morgan fingerprint density at radius 2 is 2.10 bits per heavy atom. The molecule has 20 heavy (non-hydrogen) atoms. The van der Waals surface area contributed by atoms with Crippen molar-refractivity contribution in [2.45, 2.75) is 32.2 Å². The first-order chi connectivity index (χ1) is 9.54. The number of carbonyl (C=O) groups excluding carboxylic acids is 1. The number of nitrogens with zero attached hydrogens (tertiary/aromatic N) is 2. The predicted octanol–water partition coefficient (Wildman–Crippen LogP) is 3.18. The number of aryl methyl sites for hydroxylation is 1. The van der Waals surface area contributed by atoms with Crippen LogP contribution in [-0.2, 0) is 12.0 Å². The lowest BCUT2D eigenvalue weighted by molar-refractivity contribution is 0.215. The summed E-state index contributed by atoms with van der Waals surface area (Å²) in [5, 5.41) is 7.04. The van der Waals surface area contributed by atoms with E-state index in [0.29, 0.717) is 11.6 Å². The molecule has 1 aromatic carbocycles. The molecule has 1 N–H and O–H groups in total. The molecule has 104 valence electrons. The van der Waals surface area contributed by atoms with E-state index in [1.807, 2.05) is 28.9 Å². The van der Waals surface area contributed by atoms with Crippen molar-refractivity contribution < 1.29 is 9.53 Å². The molecule has 0 saturated carbocycles. The normalized spacial score (nSPS) is 15.7. The summed E-state index contributed by atoms with van der Waals surface area (Å²) in [5.41, 5.74) is 1.25. The number of aromatic nitrogens is 2. The Morgan fingerprint density at radius 3 is 2.80 bits per heavy atom. The molecule has 0 atom stereocenters. The molecule has 5 heteroatoms. The highest BCUT2D eigenvalue weighted by Crippen LogP contribution is 2.35. The van der Waals surface area contributed by atoms with Crippen LogP contribution in [0.25, 0.3) is 0 Å². The van der Waals surface area contributed by atoms with E-state index in [9.17, 15) is 4.79 Å². The van der Waals surface area contributed by atoms with Crippen LogP contribution in [0.4, 0.5) is 10.6 Å². The molecule has 5 nitrogen and oxygen atoms in total. The predicted molar refractivity (Wildman–Crippen MR) is 76.0 cm³/mol. The number of rotatable bonds is 2. The quantitative estimate of drug-likeness (QED) is 0.912. The van der Waals surface area contributed by atoms with Crippen LogP contribution in [0.5, 0.6) is 5.75 Å². The number of anilines is 1. The average Bonchev–Trinajstić information content (AvgIpc) is 2.92. The van der Waals surface area contributed by atoms with Gasteiger partial charge in [-0.3, -0.25) is 10.00 Å². The van der Waals surface area contributed by atoms with Crippen molar-refractivity contribution in [3.63, 3.8) is 0 Å². The van der Waals surface area contributed by atoms with Gasteiger partial charge in [0.15, 0.2) is 5.82 Å². The molecule has 0 aliphatic carbocycles. The number of benzene rings is 1. The van der Waals surface area contributed by atoms with E-state index in [0.717, 1.165) is 18.7 Å². The standard InChI is InChI=1S/C15H17N3O2/c1-15(2)8-9-18-12(15)10-13(17-18)16-14(19)20-11-6-4-3-5-7-11/h3-7,10H,8-9H2,1-2H3,(H,16,17,19). The molecule has 0 unspecified atom stereocenters. The summed E-state index contributed by atoms with van der Waals surface area (Å²) in [6, 6.07) is 10.9. The maximum atomic E-state index is 11.8. The Kier molecular flexibility index (Phi) is 2.97. The first kappa shape index (κ1) is 12.7.